The van der Waals surface area contributed by atoms with Crippen LogP contribution in [0.15, 0.2) is 18.2 Å². The summed E-state index contributed by atoms with van der Waals surface area (Å²) in [7, 11) is 0. The SMILES string of the molecule is Cc1ccc(N2CC(C)CCC2C)c(C(N)=S)c1. The summed E-state index contributed by atoms with van der Waals surface area (Å²) in [5, 5.41) is 0. The summed E-state index contributed by atoms with van der Waals surface area (Å²) < 4.78 is 0. The third kappa shape index (κ3) is 2.66. The molecular weight excluding hydrogens is 240 g/mol. The average Bonchev–Trinajstić information content (AvgIpc) is 2.32. The molecule has 0 aliphatic carbocycles. The normalized spacial score (nSPS) is 24.1. The summed E-state index contributed by atoms with van der Waals surface area (Å²) in [6.07, 6.45) is 2.55. The lowest BCUT2D eigenvalue weighted by molar-refractivity contribution is 0.390. The largest absolute Gasteiger partial charge is 0.389 e. The molecule has 0 saturated carbocycles. The Morgan fingerprint density at radius 3 is 2.72 bits per heavy atom. The fraction of sp³-hybridized carbons (Fsp3) is 0.533. The van der Waals surface area contributed by atoms with Crippen LogP contribution in [-0.4, -0.2) is 17.6 Å². The number of rotatable bonds is 2. The summed E-state index contributed by atoms with van der Waals surface area (Å²) >= 11 is 5.20. The fourth-order valence-corrected chi connectivity index (χ4v) is 2.89. The minimum atomic E-state index is 0.499. The van der Waals surface area contributed by atoms with E-state index in [1.54, 1.807) is 0 Å². The molecule has 2 unspecified atom stereocenters. The molecule has 1 saturated heterocycles. The number of nitrogens with two attached hydrogens (primary N) is 1. The van der Waals surface area contributed by atoms with Crippen LogP contribution in [0, 0.1) is 12.8 Å². The molecule has 2 atom stereocenters. The molecule has 2 nitrogen and oxygen atoms in total. The summed E-state index contributed by atoms with van der Waals surface area (Å²) in [6, 6.07) is 6.97. The monoisotopic (exact) mass is 262 g/mol. The van der Waals surface area contributed by atoms with Gasteiger partial charge in [-0.25, -0.2) is 0 Å². The second-order valence-electron chi connectivity index (χ2n) is 5.57. The van der Waals surface area contributed by atoms with E-state index in [4.69, 9.17) is 18.0 Å². The van der Waals surface area contributed by atoms with Crippen LogP contribution in [0.1, 0.15) is 37.8 Å². The molecule has 0 amide bonds. The number of aryl methyl sites for hydroxylation is 1. The molecule has 1 fully saturated rings. The van der Waals surface area contributed by atoms with Crippen molar-refractivity contribution in [3.8, 4) is 0 Å². The molecule has 1 aliphatic rings. The van der Waals surface area contributed by atoms with Crippen LogP contribution < -0.4 is 10.6 Å². The number of hydrogen-bond acceptors (Lipinski definition) is 2. The zero-order valence-electron chi connectivity index (χ0n) is 11.4. The second kappa shape index (κ2) is 5.27. The quantitative estimate of drug-likeness (QED) is 0.830. The van der Waals surface area contributed by atoms with Crippen molar-refractivity contribution in [2.45, 2.75) is 39.7 Å². The lowest BCUT2D eigenvalue weighted by atomic mass is 9.93. The van der Waals surface area contributed by atoms with Crippen LogP contribution in [0.3, 0.4) is 0 Å². The van der Waals surface area contributed by atoms with E-state index < -0.39 is 0 Å². The van der Waals surface area contributed by atoms with E-state index in [1.807, 2.05) is 0 Å². The van der Waals surface area contributed by atoms with E-state index in [-0.39, 0.29) is 0 Å². The summed E-state index contributed by atoms with van der Waals surface area (Å²) in [4.78, 5) is 2.96. The van der Waals surface area contributed by atoms with Crippen LogP contribution in [0.25, 0.3) is 0 Å². The van der Waals surface area contributed by atoms with E-state index in [0.717, 1.165) is 18.0 Å². The van der Waals surface area contributed by atoms with Gasteiger partial charge in [0.1, 0.15) is 4.99 Å². The standard InChI is InChI=1S/C15H22N2S/c1-10-5-7-14(13(8-10)15(16)18)17-9-11(2)4-6-12(17)3/h5,7-8,11-12H,4,6,9H2,1-3H3,(H2,16,18). The Kier molecular flexibility index (Phi) is 3.91. The summed E-state index contributed by atoms with van der Waals surface area (Å²) in [5.41, 5.74) is 9.30. The molecule has 1 aromatic carbocycles. The predicted molar refractivity (Wildman–Crippen MR) is 82.3 cm³/mol. The van der Waals surface area contributed by atoms with Gasteiger partial charge in [-0.2, -0.15) is 0 Å². The fourth-order valence-electron chi connectivity index (χ4n) is 2.72. The third-order valence-corrected chi connectivity index (χ3v) is 4.06. The molecule has 2 rings (SSSR count). The van der Waals surface area contributed by atoms with Crippen LogP contribution in [0.2, 0.25) is 0 Å². The van der Waals surface area contributed by atoms with Crippen LogP contribution in [-0.2, 0) is 0 Å². The van der Waals surface area contributed by atoms with E-state index in [0.29, 0.717) is 11.0 Å². The van der Waals surface area contributed by atoms with Gasteiger partial charge in [0.15, 0.2) is 0 Å². The molecule has 0 radical (unpaired) electrons. The Balaban J connectivity index is 2.40. The smallest absolute Gasteiger partial charge is 0.106 e. The Morgan fingerprint density at radius 2 is 2.06 bits per heavy atom. The van der Waals surface area contributed by atoms with E-state index in [1.165, 1.54) is 24.1 Å². The van der Waals surface area contributed by atoms with Crippen molar-refractivity contribution in [2.75, 3.05) is 11.4 Å². The van der Waals surface area contributed by atoms with Gasteiger partial charge in [-0.05, 0) is 44.7 Å². The van der Waals surface area contributed by atoms with E-state index in [9.17, 15) is 0 Å². The molecule has 1 aliphatic heterocycles. The van der Waals surface area contributed by atoms with Crippen molar-refractivity contribution >= 4 is 22.9 Å². The van der Waals surface area contributed by atoms with Crippen molar-refractivity contribution < 1.29 is 0 Å². The molecule has 98 valence electrons. The molecule has 0 bridgehead atoms. The molecule has 3 heteroatoms. The van der Waals surface area contributed by atoms with Gasteiger partial charge < -0.3 is 10.6 Å². The highest BCUT2D eigenvalue weighted by Gasteiger charge is 2.25. The molecule has 1 aromatic rings. The predicted octanol–water partition coefficient (Wildman–Crippen LogP) is 3.25. The van der Waals surface area contributed by atoms with Crippen LogP contribution in [0.4, 0.5) is 5.69 Å². The maximum absolute atomic E-state index is 5.87. The lowest BCUT2D eigenvalue weighted by Gasteiger charge is -2.39. The van der Waals surface area contributed by atoms with Gasteiger partial charge in [0.25, 0.3) is 0 Å². The maximum atomic E-state index is 5.87. The van der Waals surface area contributed by atoms with Gasteiger partial charge in [-0.1, -0.05) is 30.8 Å². The van der Waals surface area contributed by atoms with Crippen molar-refractivity contribution in [1.82, 2.24) is 0 Å². The Bertz CT molecular complexity index is 456. The third-order valence-electron chi connectivity index (χ3n) is 3.84. The number of benzene rings is 1. The first kappa shape index (κ1) is 13.3. The van der Waals surface area contributed by atoms with E-state index in [2.05, 4.69) is 43.9 Å². The van der Waals surface area contributed by atoms with Crippen LogP contribution >= 0.6 is 12.2 Å². The molecular formula is C15H22N2S. The molecule has 1 heterocycles. The number of thiocarbonyl (C=S) groups is 1. The van der Waals surface area contributed by atoms with Gasteiger partial charge >= 0.3 is 0 Å². The highest BCUT2D eigenvalue weighted by Crippen LogP contribution is 2.30. The number of anilines is 1. The van der Waals surface area contributed by atoms with Crippen LogP contribution in [0.5, 0.6) is 0 Å². The minimum absolute atomic E-state index is 0.499. The van der Waals surface area contributed by atoms with Gasteiger partial charge in [0.2, 0.25) is 0 Å². The van der Waals surface area contributed by atoms with Crippen molar-refractivity contribution in [3.05, 3.63) is 29.3 Å². The maximum Gasteiger partial charge on any atom is 0.106 e. The van der Waals surface area contributed by atoms with Gasteiger partial charge in [0, 0.05) is 23.8 Å². The second-order valence-corrected chi connectivity index (χ2v) is 6.01. The number of nitrogens with zero attached hydrogens (tertiary/aromatic N) is 1. The highest BCUT2D eigenvalue weighted by atomic mass is 32.1. The van der Waals surface area contributed by atoms with Crippen molar-refractivity contribution in [1.29, 1.82) is 0 Å². The zero-order chi connectivity index (χ0) is 13.3. The lowest BCUT2D eigenvalue weighted by Crippen LogP contribution is -2.42. The minimum Gasteiger partial charge on any atom is -0.389 e. The Hall–Kier alpha value is -1.09. The zero-order valence-corrected chi connectivity index (χ0v) is 12.3. The van der Waals surface area contributed by atoms with E-state index >= 15 is 0 Å². The first-order chi connectivity index (χ1) is 8.49. The highest BCUT2D eigenvalue weighted by molar-refractivity contribution is 7.80. The Labute approximate surface area is 115 Å². The first-order valence-corrected chi connectivity index (χ1v) is 7.07. The number of piperidine rings is 1. The summed E-state index contributed by atoms with van der Waals surface area (Å²) in [5.74, 6) is 0.738. The Morgan fingerprint density at radius 1 is 1.33 bits per heavy atom. The topological polar surface area (TPSA) is 29.3 Å². The van der Waals surface area contributed by atoms with Gasteiger partial charge in [0.05, 0.1) is 0 Å². The van der Waals surface area contributed by atoms with Crippen molar-refractivity contribution in [3.63, 3.8) is 0 Å². The first-order valence-electron chi connectivity index (χ1n) is 6.66. The van der Waals surface area contributed by atoms with Gasteiger partial charge in [-0.15, -0.1) is 0 Å². The molecule has 2 N–H and O–H groups in total. The molecule has 0 aromatic heterocycles. The summed E-state index contributed by atoms with van der Waals surface area (Å²) in [6.45, 7) is 7.77. The van der Waals surface area contributed by atoms with Crippen molar-refractivity contribution in [2.24, 2.45) is 11.7 Å². The number of hydrogen-bond donors (Lipinski definition) is 1. The van der Waals surface area contributed by atoms with Gasteiger partial charge in [-0.3, -0.25) is 0 Å². The average molecular weight is 262 g/mol. The molecule has 18 heavy (non-hydrogen) atoms. The molecule has 0 spiro atoms.